The summed E-state index contributed by atoms with van der Waals surface area (Å²) in [5.41, 5.74) is 2.53. The van der Waals surface area contributed by atoms with Crippen LogP contribution in [0.2, 0.25) is 0 Å². The number of aromatic amines is 1. The summed E-state index contributed by atoms with van der Waals surface area (Å²) in [6, 6.07) is 13.4. The van der Waals surface area contributed by atoms with Crippen molar-refractivity contribution in [2.24, 2.45) is 0 Å². The summed E-state index contributed by atoms with van der Waals surface area (Å²) < 4.78 is 5.31. The van der Waals surface area contributed by atoms with Gasteiger partial charge in [0.15, 0.2) is 0 Å². The highest BCUT2D eigenvalue weighted by Crippen LogP contribution is 2.16. The van der Waals surface area contributed by atoms with Crippen LogP contribution in [0.5, 0.6) is 0 Å². The number of ether oxygens (including phenoxy) is 1. The lowest BCUT2D eigenvalue weighted by Crippen LogP contribution is -2.43. The van der Waals surface area contributed by atoms with Gasteiger partial charge < -0.3 is 20.1 Å². The molecule has 2 heterocycles. The van der Waals surface area contributed by atoms with Crippen LogP contribution in [0.4, 0.5) is 0 Å². The first kappa shape index (κ1) is 20.8. The number of carboxylic acid groups (broad SMARTS) is 1. The molecule has 1 amide bonds. The average Bonchev–Trinajstić information content (AvgIpc) is 2.78. The number of aromatic nitrogens is 1. The van der Waals surface area contributed by atoms with E-state index < -0.39 is 5.97 Å². The summed E-state index contributed by atoms with van der Waals surface area (Å²) >= 11 is 0. The second-order valence-electron chi connectivity index (χ2n) is 7.50. The third kappa shape index (κ3) is 4.99. The molecule has 2 aromatic carbocycles. The molecule has 1 aliphatic heterocycles. The number of pyridine rings is 1. The number of aromatic carboxylic acids is 1. The van der Waals surface area contributed by atoms with Crippen LogP contribution < -0.4 is 10.9 Å². The monoisotopic (exact) mass is 421 g/mol. The zero-order valence-corrected chi connectivity index (χ0v) is 16.9. The Morgan fingerprint density at radius 3 is 2.45 bits per heavy atom. The van der Waals surface area contributed by atoms with E-state index in [2.05, 4.69) is 15.2 Å². The van der Waals surface area contributed by atoms with Gasteiger partial charge in [0.2, 0.25) is 0 Å². The maximum Gasteiger partial charge on any atom is 0.335 e. The molecule has 0 unspecified atom stereocenters. The van der Waals surface area contributed by atoms with Gasteiger partial charge in [-0.25, -0.2) is 4.79 Å². The van der Waals surface area contributed by atoms with Crippen LogP contribution in [0.25, 0.3) is 10.9 Å². The number of morpholine rings is 1. The molecule has 1 fully saturated rings. The third-order valence-corrected chi connectivity index (χ3v) is 5.35. The van der Waals surface area contributed by atoms with Crippen molar-refractivity contribution in [1.82, 2.24) is 15.2 Å². The molecule has 0 saturated carbocycles. The molecule has 0 spiro atoms. The average molecular weight is 421 g/mol. The van der Waals surface area contributed by atoms with E-state index in [-0.39, 0.29) is 17.0 Å². The smallest absolute Gasteiger partial charge is 0.335 e. The maximum atomic E-state index is 12.6. The van der Waals surface area contributed by atoms with Gasteiger partial charge in [0, 0.05) is 36.2 Å². The van der Waals surface area contributed by atoms with E-state index in [1.165, 1.54) is 12.1 Å². The number of nitrogens with one attached hydrogen (secondary N) is 2. The SMILES string of the molecule is O=C(O)c1ccc(Cc2cc3cc(C(=O)NCN4CCOCC4)ccc3[nH]c2=O)cc1. The van der Waals surface area contributed by atoms with Crippen molar-refractivity contribution in [3.8, 4) is 0 Å². The Kier molecular flexibility index (Phi) is 6.11. The molecule has 31 heavy (non-hydrogen) atoms. The number of H-pyrrole nitrogens is 1. The second kappa shape index (κ2) is 9.11. The van der Waals surface area contributed by atoms with Crippen molar-refractivity contribution in [2.45, 2.75) is 6.42 Å². The summed E-state index contributed by atoms with van der Waals surface area (Å²) in [5, 5.41) is 12.7. The number of benzene rings is 2. The molecule has 8 heteroatoms. The standard InChI is InChI=1S/C23H23N3O5/c27-21(24-14-26-7-9-31-10-8-26)17-5-6-20-18(12-17)13-19(22(28)25-20)11-15-1-3-16(4-2-15)23(29)30/h1-6,12-13H,7-11,14H2,(H,24,27)(H,25,28)(H,29,30). The molecule has 0 aliphatic carbocycles. The van der Waals surface area contributed by atoms with Gasteiger partial charge in [-0.3, -0.25) is 14.5 Å². The van der Waals surface area contributed by atoms with Crippen molar-refractivity contribution in [2.75, 3.05) is 33.0 Å². The quantitative estimate of drug-likeness (QED) is 0.560. The molecule has 1 aliphatic rings. The zero-order valence-electron chi connectivity index (χ0n) is 16.9. The molecular weight excluding hydrogens is 398 g/mol. The van der Waals surface area contributed by atoms with E-state index in [4.69, 9.17) is 9.84 Å². The molecule has 3 N–H and O–H groups in total. The molecule has 3 aromatic rings. The fraction of sp³-hybridized carbons (Fsp3) is 0.261. The van der Waals surface area contributed by atoms with Crippen molar-refractivity contribution < 1.29 is 19.4 Å². The summed E-state index contributed by atoms with van der Waals surface area (Å²) in [5.74, 6) is -1.17. The molecule has 1 saturated heterocycles. The highest BCUT2D eigenvalue weighted by Gasteiger charge is 2.13. The first-order chi connectivity index (χ1) is 15.0. The van der Waals surface area contributed by atoms with Crippen molar-refractivity contribution in [3.63, 3.8) is 0 Å². The molecule has 160 valence electrons. The Labute approximate surface area is 178 Å². The highest BCUT2D eigenvalue weighted by atomic mass is 16.5. The van der Waals surface area contributed by atoms with E-state index >= 15 is 0 Å². The number of hydrogen-bond donors (Lipinski definition) is 3. The van der Waals surface area contributed by atoms with Gasteiger partial charge in [-0.2, -0.15) is 0 Å². The van der Waals surface area contributed by atoms with Crippen LogP contribution in [0.3, 0.4) is 0 Å². The number of carbonyl (C=O) groups is 2. The van der Waals surface area contributed by atoms with Gasteiger partial charge in [-0.05, 0) is 47.3 Å². The van der Waals surface area contributed by atoms with E-state index in [1.54, 1.807) is 36.4 Å². The minimum atomic E-state index is -0.991. The van der Waals surface area contributed by atoms with Crippen molar-refractivity contribution in [1.29, 1.82) is 0 Å². The number of carbonyl (C=O) groups excluding carboxylic acids is 1. The molecule has 0 bridgehead atoms. The first-order valence-corrected chi connectivity index (χ1v) is 10.1. The van der Waals surface area contributed by atoms with Crippen LogP contribution in [-0.4, -0.2) is 59.8 Å². The fourth-order valence-electron chi connectivity index (χ4n) is 3.55. The topological polar surface area (TPSA) is 112 Å². The summed E-state index contributed by atoms with van der Waals surface area (Å²) in [4.78, 5) is 41.0. The van der Waals surface area contributed by atoms with Gasteiger partial charge in [0.05, 0.1) is 25.4 Å². The van der Waals surface area contributed by atoms with E-state index in [1.807, 2.05) is 0 Å². The van der Waals surface area contributed by atoms with Crippen LogP contribution in [0.15, 0.2) is 53.3 Å². The van der Waals surface area contributed by atoms with Gasteiger partial charge >= 0.3 is 5.97 Å². The van der Waals surface area contributed by atoms with Gasteiger partial charge in [-0.1, -0.05) is 12.1 Å². The summed E-state index contributed by atoms with van der Waals surface area (Å²) in [7, 11) is 0. The zero-order chi connectivity index (χ0) is 21.8. The lowest BCUT2D eigenvalue weighted by atomic mass is 10.0. The Balaban J connectivity index is 1.51. The number of fused-ring (bicyclic) bond motifs is 1. The highest BCUT2D eigenvalue weighted by molar-refractivity contribution is 5.98. The number of hydrogen-bond acceptors (Lipinski definition) is 5. The van der Waals surface area contributed by atoms with E-state index in [9.17, 15) is 14.4 Å². The Hall–Kier alpha value is -3.49. The van der Waals surface area contributed by atoms with E-state index in [0.717, 1.165) is 24.0 Å². The molecule has 0 radical (unpaired) electrons. The predicted octanol–water partition coefficient (Wildman–Crippen LogP) is 1.84. The molecular formula is C23H23N3O5. The second-order valence-corrected chi connectivity index (χ2v) is 7.50. The molecule has 4 rings (SSSR count). The number of rotatable bonds is 6. The summed E-state index contributed by atoms with van der Waals surface area (Å²) in [6.45, 7) is 3.37. The number of amides is 1. The molecule has 8 nitrogen and oxygen atoms in total. The van der Waals surface area contributed by atoms with Crippen LogP contribution >= 0.6 is 0 Å². The minimum absolute atomic E-state index is 0.176. The van der Waals surface area contributed by atoms with Gasteiger partial charge in [-0.15, -0.1) is 0 Å². The Morgan fingerprint density at radius 2 is 1.74 bits per heavy atom. The third-order valence-electron chi connectivity index (χ3n) is 5.35. The van der Waals surface area contributed by atoms with E-state index in [0.29, 0.717) is 42.9 Å². The minimum Gasteiger partial charge on any atom is -0.478 e. The largest absolute Gasteiger partial charge is 0.478 e. The normalized spacial score (nSPS) is 14.5. The number of carboxylic acids is 1. The number of nitrogens with zero attached hydrogens (tertiary/aromatic N) is 1. The summed E-state index contributed by atoms with van der Waals surface area (Å²) in [6.07, 6.45) is 0.360. The molecule has 1 aromatic heterocycles. The van der Waals surface area contributed by atoms with Crippen LogP contribution in [-0.2, 0) is 11.2 Å². The van der Waals surface area contributed by atoms with Crippen molar-refractivity contribution >= 4 is 22.8 Å². The van der Waals surface area contributed by atoms with Gasteiger partial charge in [0.25, 0.3) is 11.5 Å². The predicted molar refractivity (Wildman–Crippen MR) is 116 cm³/mol. The Morgan fingerprint density at radius 1 is 1.03 bits per heavy atom. The van der Waals surface area contributed by atoms with Gasteiger partial charge in [0.1, 0.15) is 0 Å². The Bertz CT molecular complexity index is 1160. The fourth-order valence-corrected chi connectivity index (χ4v) is 3.55. The van der Waals surface area contributed by atoms with Crippen LogP contribution in [0.1, 0.15) is 31.8 Å². The lowest BCUT2D eigenvalue weighted by Gasteiger charge is -2.26. The van der Waals surface area contributed by atoms with Crippen LogP contribution in [0, 0.1) is 0 Å². The molecule has 0 atom stereocenters. The maximum absolute atomic E-state index is 12.6. The first-order valence-electron chi connectivity index (χ1n) is 10.1. The lowest BCUT2D eigenvalue weighted by molar-refractivity contribution is 0.0334. The van der Waals surface area contributed by atoms with Crippen molar-refractivity contribution in [3.05, 3.63) is 81.1 Å².